The molecule has 28 heavy (non-hydrogen) atoms. The summed E-state index contributed by atoms with van der Waals surface area (Å²) in [5, 5.41) is 1.21. The van der Waals surface area contributed by atoms with Crippen LogP contribution in [0, 0.1) is 6.92 Å². The van der Waals surface area contributed by atoms with Gasteiger partial charge in [0.15, 0.2) is 0 Å². The minimum Gasteiger partial charge on any atom is -0.497 e. The smallest absolute Gasteiger partial charge is 0.416 e. The van der Waals surface area contributed by atoms with E-state index in [-0.39, 0.29) is 0 Å². The van der Waals surface area contributed by atoms with E-state index in [1.807, 2.05) is 13.0 Å². The maximum absolute atomic E-state index is 13.5. The van der Waals surface area contributed by atoms with Crippen molar-refractivity contribution in [3.05, 3.63) is 68.5 Å². The van der Waals surface area contributed by atoms with Crippen LogP contribution in [0.2, 0.25) is 5.02 Å². The van der Waals surface area contributed by atoms with Gasteiger partial charge in [-0.3, -0.25) is 0 Å². The molecule has 1 heterocycles. The summed E-state index contributed by atoms with van der Waals surface area (Å²) in [6, 6.07) is 11.1. The van der Waals surface area contributed by atoms with Gasteiger partial charge in [0, 0.05) is 15.9 Å². The number of aromatic nitrogens is 1. The zero-order valence-corrected chi connectivity index (χ0v) is 16.8. The van der Waals surface area contributed by atoms with Crippen molar-refractivity contribution in [3.8, 4) is 17.0 Å². The predicted octanol–water partition coefficient (Wildman–Crippen LogP) is 6.88. The molecule has 0 spiro atoms. The van der Waals surface area contributed by atoms with E-state index in [1.165, 1.54) is 17.4 Å². The highest BCUT2D eigenvalue weighted by Crippen LogP contribution is 2.57. The van der Waals surface area contributed by atoms with Gasteiger partial charge in [-0.05, 0) is 49.6 Å². The van der Waals surface area contributed by atoms with E-state index >= 15 is 0 Å². The molecule has 1 saturated carbocycles. The molecule has 7 heteroatoms. The van der Waals surface area contributed by atoms with Gasteiger partial charge in [0.25, 0.3) is 0 Å². The lowest BCUT2D eigenvalue weighted by Crippen LogP contribution is -2.17. The number of halogens is 4. The van der Waals surface area contributed by atoms with Crippen LogP contribution in [0.4, 0.5) is 13.2 Å². The van der Waals surface area contributed by atoms with E-state index in [2.05, 4.69) is 0 Å². The quantitative estimate of drug-likeness (QED) is 0.456. The van der Waals surface area contributed by atoms with Crippen LogP contribution in [0.1, 0.15) is 33.9 Å². The SMILES string of the molecule is COc1ccc(-c2nc(C3(c4ccccc4C(F)(F)F)CC3)sc2C)c(Cl)c1. The highest BCUT2D eigenvalue weighted by atomic mass is 35.5. The molecule has 0 aliphatic heterocycles. The first-order chi connectivity index (χ1) is 13.3. The number of benzene rings is 2. The Labute approximate surface area is 170 Å². The van der Waals surface area contributed by atoms with Crippen molar-refractivity contribution in [3.63, 3.8) is 0 Å². The number of nitrogens with zero attached hydrogens (tertiary/aromatic N) is 1. The normalized spacial score (nSPS) is 15.5. The molecular weight excluding hydrogens is 407 g/mol. The Balaban J connectivity index is 1.80. The summed E-state index contributed by atoms with van der Waals surface area (Å²) in [5.74, 6) is 0.639. The molecule has 0 unspecified atom stereocenters. The number of thiazole rings is 1. The first kappa shape index (κ1) is 19.3. The van der Waals surface area contributed by atoms with E-state index in [4.69, 9.17) is 21.3 Å². The summed E-state index contributed by atoms with van der Waals surface area (Å²) in [7, 11) is 1.56. The van der Waals surface area contributed by atoms with E-state index < -0.39 is 17.2 Å². The fourth-order valence-corrected chi connectivity index (χ4v) is 4.99. The predicted molar refractivity (Wildman–Crippen MR) is 105 cm³/mol. The lowest BCUT2D eigenvalue weighted by Gasteiger charge is -2.19. The molecule has 0 atom stereocenters. The number of ether oxygens (including phenoxy) is 1. The largest absolute Gasteiger partial charge is 0.497 e. The monoisotopic (exact) mass is 423 g/mol. The Morgan fingerprint density at radius 1 is 1.14 bits per heavy atom. The van der Waals surface area contributed by atoms with Gasteiger partial charge in [-0.15, -0.1) is 11.3 Å². The molecule has 1 aliphatic rings. The van der Waals surface area contributed by atoms with Crippen molar-refractivity contribution in [2.75, 3.05) is 7.11 Å². The fraction of sp³-hybridized carbons (Fsp3) is 0.286. The number of alkyl halides is 3. The Kier molecular flexibility index (Phi) is 4.67. The third-order valence-electron chi connectivity index (χ3n) is 5.14. The molecular formula is C21H17ClF3NOS. The molecule has 1 aliphatic carbocycles. The average Bonchev–Trinajstić information content (AvgIpc) is 3.38. The van der Waals surface area contributed by atoms with Gasteiger partial charge in [-0.1, -0.05) is 29.8 Å². The maximum Gasteiger partial charge on any atom is 0.416 e. The minimum absolute atomic E-state index is 0.309. The maximum atomic E-state index is 13.5. The number of hydrogen-bond donors (Lipinski definition) is 0. The van der Waals surface area contributed by atoms with Crippen LogP contribution in [-0.4, -0.2) is 12.1 Å². The number of aryl methyl sites for hydroxylation is 1. The van der Waals surface area contributed by atoms with Gasteiger partial charge in [-0.25, -0.2) is 4.98 Å². The van der Waals surface area contributed by atoms with E-state index in [9.17, 15) is 13.2 Å². The van der Waals surface area contributed by atoms with Gasteiger partial charge in [0.2, 0.25) is 0 Å². The highest BCUT2D eigenvalue weighted by Gasteiger charge is 2.52. The van der Waals surface area contributed by atoms with Gasteiger partial charge >= 0.3 is 6.18 Å². The Morgan fingerprint density at radius 2 is 1.86 bits per heavy atom. The minimum atomic E-state index is -4.39. The lowest BCUT2D eigenvalue weighted by molar-refractivity contribution is -0.138. The number of hydrogen-bond acceptors (Lipinski definition) is 3. The van der Waals surface area contributed by atoms with Crippen LogP contribution in [0.15, 0.2) is 42.5 Å². The molecule has 1 fully saturated rings. The summed E-state index contributed by atoms with van der Waals surface area (Å²) in [4.78, 5) is 5.68. The molecule has 2 aromatic carbocycles. The van der Waals surface area contributed by atoms with E-state index in [0.29, 0.717) is 39.9 Å². The Bertz CT molecular complexity index is 1040. The van der Waals surface area contributed by atoms with Crippen molar-refractivity contribution in [1.29, 1.82) is 0 Å². The standard InChI is InChI=1S/C21H17ClF3NOS/c1-12-18(14-8-7-13(27-2)11-17(14)22)26-19(28-12)20(9-10-20)15-5-3-4-6-16(15)21(23,24)25/h3-8,11H,9-10H2,1-2H3. The number of rotatable bonds is 4. The summed E-state index contributed by atoms with van der Waals surface area (Å²) < 4.78 is 45.8. The van der Waals surface area contributed by atoms with Crippen LogP contribution in [0.3, 0.4) is 0 Å². The molecule has 0 N–H and O–H groups in total. The van der Waals surface area contributed by atoms with E-state index in [1.54, 1.807) is 31.4 Å². The summed E-state index contributed by atoms with van der Waals surface area (Å²) >= 11 is 7.83. The van der Waals surface area contributed by atoms with Crippen molar-refractivity contribution in [1.82, 2.24) is 4.98 Å². The second kappa shape index (κ2) is 6.78. The summed E-state index contributed by atoms with van der Waals surface area (Å²) in [6.45, 7) is 1.92. The molecule has 0 saturated heterocycles. The second-order valence-electron chi connectivity index (χ2n) is 6.90. The average molecular weight is 424 g/mol. The summed E-state index contributed by atoms with van der Waals surface area (Å²) in [6.07, 6.45) is -3.08. The van der Waals surface area contributed by atoms with Gasteiger partial charge in [0.1, 0.15) is 10.8 Å². The Morgan fingerprint density at radius 3 is 2.46 bits per heavy atom. The lowest BCUT2D eigenvalue weighted by atomic mass is 9.91. The van der Waals surface area contributed by atoms with Crippen LogP contribution in [-0.2, 0) is 11.6 Å². The topological polar surface area (TPSA) is 22.1 Å². The molecule has 146 valence electrons. The van der Waals surface area contributed by atoms with Crippen LogP contribution in [0.25, 0.3) is 11.3 Å². The zero-order valence-electron chi connectivity index (χ0n) is 15.2. The fourth-order valence-electron chi connectivity index (χ4n) is 3.54. The van der Waals surface area contributed by atoms with Crippen molar-refractivity contribution in [2.45, 2.75) is 31.4 Å². The van der Waals surface area contributed by atoms with Gasteiger partial charge in [-0.2, -0.15) is 13.2 Å². The zero-order chi connectivity index (χ0) is 20.1. The van der Waals surface area contributed by atoms with Crippen LogP contribution < -0.4 is 4.74 Å². The molecule has 0 amide bonds. The molecule has 1 aromatic heterocycles. The number of methoxy groups -OCH3 is 1. The summed E-state index contributed by atoms with van der Waals surface area (Å²) in [5.41, 5.74) is 0.525. The van der Waals surface area contributed by atoms with E-state index in [0.717, 1.165) is 16.5 Å². The molecule has 0 radical (unpaired) electrons. The van der Waals surface area contributed by atoms with Crippen molar-refractivity contribution in [2.24, 2.45) is 0 Å². The molecule has 4 rings (SSSR count). The van der Waals surface area contributed by atoms with Gasteiger partial charge < -0.3 is 4.74 Å². The highest BCUT2D eigenvalue weighted by molar-refractivity contribution is 7.12. The van der Waals surface area contributed by atoms with Crippen LogP contribution >= 0.6 is 22.9 Å². The van der Waals surface area contributed by atoms with Crippen molar-refractivity contribution >= 4 is 22.9 Å². The third-order valence-corrected chi connectivity index (χ3v) is 6.62. The molecule has 2 nitrogen and oxygen atoms in total. The molecule has 3 aromatic rings. The van der Waals surface area contributed by atoms with Gasteiger partial charge in [0.05, 0.1) is 23.4 Å². The Hall–Kier alpha value is -2.05. The van der Waals surface area contributed by atoms with Crippen molar-refractivity contribution < 1.29 is 17.9 Å². The molecule has 0 bridgehead atoms. The first-order valence-corrected chi connectivity index (χ1v) is 9.94. The van der Waals surface area contributed by atoms with Crippen LogP contribution in [0.5, 0.6) is 5.75 Å². The second-order valence-corrected chi connectivity index (χ2v) is 8.51. The first-order valence-electron chi connectivity index (χ1n) is 8.75. The third kappa shape index (κ3) is 3.18.